The molecule has 1 atom stereocenters. The van der Waals surface area contributed by atoms with Gasteiger partial charge in [0.25, 0.3) is 0 Å². The Labute approximate surface area is 463 Å². The van der Waals surface area contributed by atoms with Crippen LogP contribution in [0, 0.1) is 11.6 Å². The Balaban J connectivity index is 0.767. The SMILES string of the molecule is C=CC(=C)Nc1cc(Nc2nccc(-n3ccc4cc(F)ccc43)n2)c(OC)cc1N1CCC(N2CCOC(CC(=O)Nc3cc(Nc4nccc(-n5ccc6cc(F)ccc65)n4)c(OC)cc3N3CCC(N(C)C)CC3)C2)CC1. The molecule has 11 rings (SSSR count). The van der Waals surface area contributed by atoms with Gasteiger partial charge in [-0.1, -0.05) is 13.2 Å². The number of carbonyl (C=O) groups excluding carboxylic acids is 1. The summed E-state index contributed by atoms with van der Waals surface area (Å²) in [5.41, 5.74) is 6.78. The molecule has 8 aromatic rings. The van der Waals surface area contributed by atoms with Crippen molar-refractivity contribution in [1.82, 2.24) is 38.9 Å². The largest absolute Gasteiger partial charge is 0.494 e. The number of nitrogens with zero attached hydrogens (tertiary/aromatic N) is 10. The maximum Gasteiger partial charge on any atom is 0.229 e. The van der Waals surface area contributed by atoms with Crippen LogP contribution in [0.4, 0.5) is 54.8 Å². The minimum absolute atomic E-state index is 0.152. The summed E-state index contributed by atoms with van der Waals surface area (Å²) in [6.07, 6.45) is 12.3. The van der Waals surface area contributed by atoms with Crippen molar-refractivity contribution in [2.24, 2.45) is 0 Å². The van der Waals surface area contributed by atoms with Gasteiger partial charge in [-0.15, -0.1) is 0 Å². The zero-order valence-corrected chi connectivity index (χ0v) is 45.5. The van der Waals surface area contributed by atoms with Crippen molar-refractivity contribution in [2.45, 2.75) is 50.3 Å². The third kappa shape index (κ3) is 11.6. The molecule has 3 aliphatic heterocycles. The molecule has 4 aromatic heterocycles. The number of hydrogen-bond acceptors (Lipinski definition) is 15. The molecule has 80 heavy (non-hydrogen) atoms. The first-order chi connectivity index (χ1) is 38.9. The molecule has 0 radical (unpaired) electrons. The lowest BCUT2D eigenvalue weighted by molar-refractivity contribution is -0.121. The van der Waals surface area contributed by atoms with E-state index in [1.54, 1.807) is 57.0 Å². The third-order valence-electron chi connectivity index (χ3n) is 15.5. The van der Waals surface area contributed by atoms with E-state index in [9.17, 15) is 13.6 Å². The number of fused-ring (bicyclic) bond motifs is 2. The molecule has 3 fully saturated rings. The first kappa shape index (κ1) is 53.4. The second-order valence-electron chi connectivity index (χ2n) is 20.6. The Bertz CT molecular complexity index is 3570. The molecule has 18 nitrogen and oxygen atoms in total. The predicted molar refractivity (Wildman–Crippen MR) is 312 cm³/mol. The predicted octanol–water partition coefficient (Wildman–Crippen LogP) is 10.3. The molecule has 0 aliphatic carbocycles. The molecule has 0 bridgehead atoms. The topological polar surface area (TPSA) is 167 Å². The maximum atomic E-state index is 14.3. The van der Waals surface area contributed by atoms with E-state index < -0.39 is 0 Å². The first-order valence-electron chi connectivity index (χ1n) is 27.0. The van der Waals surface area contributed by atoms with E-state index in [-0.39, 0.29) is 36.1 Å². The van der Waals surface area contributed by atoms with Crippen LogP contribution in [-0.4, -0.2) is 137 Å². The van der Waals surface area contributed by atoms with Gasteiger partial charge in [0.05, 0.1) is 78.5 Å². The molecule has 4 N–H and O–H groups in total. The van der Waals surface area contributed by atoms with Crippen LogP contribution >= 0.6 is 0 Å². The number of carbonyl (C=O) groups is 1. The molecule has 1 amide bonds. The number of piperidine rings is 2. The standard InChI is InChI=1S/C60H66F2N14O4/c1-7-38(2)65-46-33-48(67-59-63-20-12-56(69-59)75-26-14-39-30-41(61)8-10-50(39)75)54(78-5)35-52(46)73-24-18-44(19-25-73)74-28-29-80-45(37-74)32-58(77)66-47-34-49(55(79-6)36-53(47)72-22-16-43(17-23-72)71(3)4)68-60-64-21-13-57(70-60)76-27-15-40-31-42(62)9-11-51(40)76/h7-15,20-21,26-27,30-31,33-36,43-45,65H,1-2,16-19,22-25,28-29,32,37H2,3-6H3,(H,66,77)(H,63,67,69)(H,64,68,70). The van der Waals surface area contributed by atoms with Gasteiger partial charge in [-0.3, -0.25) is 9.69 Å². The van der Waals surface area contributed by atoms with E-state index in [4.69, 9.17) is 24.2 Å². The number of morpholine rings is 1. The Kier molecular flexibility index (Phi) is 15.6. The fraction of sp³-hybridized carbons (Fsp3) is 0.317. The van der Waals surface area contributed by atoms with E-state index in [0.29, 0.717) is 77.0 Å². The molecule has 1 unspecified atom stereocenters. The van der Waals surface area contributed by atoms with Gasteiger partial charge in [-0.25, -0.2) is 18.7 Å². The van der Waals surface area contributed by atoms with Crippen molar-refractivity contribution >= 4 is 73.7 Å². The van der Waals surface area contributed by atoms with Gasteiger partial charge in [0, 0.05) is 105 Å². The van der Waals surface area contributed by atoms with Crippen molar-refractivity contribution in [1.29, 1.82) is 0 Å². The summed E-state index contributed by atoms with van der Waals surface area (Å²) < 4.78 is 50.1. The number of rotatable bonds is 18. The Hall–Kier alpha value is -8.59. The van der Waals surface area contributed by atoms with Crippen LogP contribution < -0.4 is 40.5 Å². The van der Waals surface area contributed by atoms with Crippen LogP contribution in [0.5, 0.6) is 11.5 Å². The normalized spacial score (nSPS) is 16.5. The van der Waals surface area contributed by atoms with Crippen molar-refractivity contribution in [3.05, 3.63) is 146 Å². The van der Waals surface area contributed by atoms with Gasteiger partial charge in [-0.2, -0.15) is 9.97 Å². The lowest BCUT2D eigenvalue weighted by Crippen LogP contribution is -2.52. The Morgan fingerprint density at radius 1 is 0.700 bits per heavy atom. The monoisotopic (exact) mass is 1080 g/mol. The third-order valence-corrected chi connectivity index (χ3v) is 15.5. The number of aromatic nitrogens is 6. The van der Waals surface area contributed by atoms with Crippen molar-refractivity contribution < 1.29 is 27.8 Å². The zero-order chi connectivity index (χ0) is 55.4. The minimum atomic E-state index is -0.309. The van der Waals surface area contributed by atoms with Crippen molar-refractivity contribution in [3.8, 4) is 23.1 Å². The highest BCUT2D eigenvalue weighted by Crippen LogP contribution is 2.42. The van der Waals surface area contributed by atoms with Gasteiger partial charge in [-0.05, 0) is 119 Å². The molecule has 0 saturated carbocycles. The number of allylic oxidation sites excluding steroid dienone is 1. The number of benzene rings is 4. The second-order valence-corrected chi connectivity index (χ2v) is 20.6. The first-order valence-corrected chi connectivity index (χ1v) is 27.0. The van der Waals surface area contributed by atoms with Crippen molar-refractivity contribution in [2.75, 3.05) is 105 Å². The number of amides is 1. The summed E-state index contributed by atoms with van der Waals surface area (Å²) in [4.78, 5) is 42.4. The lowest BCUT2D eigenvalue weighted by atomic mass is 10.00. The Morgan fingerprint density at radius 2 is 1.23 bits per heavy atom. The number of nitrogens with one attached hydrogen (secondary N) is 4. The molecule has 0 spiro atoms. The van der Waals surface area contributed by atoms with E-state index in [1.165, 1.54) is 24.3 Å². The molecule has 414 valence electrons. The molecule has 4 aromatic carbocycles. The van der Waals surface area contributed by atoms with Crippen LogP contribution in [0.1, 0.15) is 32.1 Å². The summed E-state index contributed by atoms with van der Waals surface area (Å²) in [5, 5.41) is 15.0. The van der Waals surface area contributed by atoms with Gasteiger partial charge in [0.15, 0.2) is 0 Å². The summed E-state index contributed by atoms with van der Waals surface area (Å²) in [6.45, 7) is 13.2. The van der Waals surface area contributed by atoms with Crippen LogP contribution in [0.3, 0.4) is 0 Å². The minimum Gasteiger partial charge on any atom is -0.494 e. The molecule has 7 heterocycles. The highest BCUT2D eigenvalue weighted by molar-refractivity contribution is 5.97. The average molecular weight is 1090 g/mol. The van der Waals surface area contributed by atoms with Gasteiger partial charge in [0.1, 0.15) is 34.8 Å². The van der Waals surface area contributed by atoms with Crippen molar-refractivity contribution in [3.63, 3.8) is 0 Å². The molecule has 3 saturated heterocycles. The summed E-state index contributed by atoms with van der Waals surface area (Å²) in [6, 6.07) is 25.2. The van der Waals surface area contributed by atoms with E-state index in [1.807, 2.05) is 57.9 Å². The van der Waals surface area contributed by atoms with E-state index in [2.05, 4.69) is 78.1 Å². The van der Waals surface area contributed by atoms with Crippen LogP contribution in [0.25, 0.3) is 33.4 Å². The Morgan fingerprint density at radius 3 is 1.74 bits per heavy atom. The highest BCUT2D eigenvalue weighted by atomic mass is 19.1. The average Bonchev–Trinajstić information content (AvgIpc) is 4.25. The van der Waals surface area contributed by atoms with Crippen LogP contribution in [0.15, 0.2) is 135 Å². The van der Waals surface area contributed by atoms with Crippen LogP contribution in [-0.2, 0) is 9.53 Å². The number of hydrogen-bond donors (Lipinski definition) is 4. The lowest BCUT2D eigenvalue weighted by Gasteiger charge is -2.43. The van der Waals surface area contributed by atoms with Gasteiger partial charge < -0.3 is 59.3 Å². The second kappa shape index (κ2) is 23.4. The molecular formula is C60H66F2N14O4. The van der Waals surface area contributed by atoms with E-state index in [0.717, 1.165) is 97.3 Å². The van der Waals surface area contributed by atoms with E-state index >= 15 is 0 Å². The number of halogens is 2. The number of ether oxygens (including phenoxy) is 3. The number of anilines is 8. The molecular weight excluding hydrogens is 1020 g/mol. The molecule has 20 heteroatoms. The van der Waals surface area contributed by atoms with Gasteiger partial charge in [0.2, 0.25) is 17.8 Å². The summed E-state index contributed by atoms with van der Waals surface area (Å²) in [5.74, 6) is 2.31. The number of methoxy groups -OCH3 is 2. The quantitative estimate of drug-likeness (QED) is 0.0599. The smallest absolute Gasteiger partial charge is 0.229 e. The summed E-state index contributed by atoms with van der Waals surface area (Å²) in [7, 11) is 7.50. The fourth-order valence-corrected chi connectivity index (χ4v) is 11.3. The highest BCUT2D eigenvalue weighted by Gasteiger charge is 2.32. The van der Waals surface area contributed by atoms with Crippen LogP contribution in [0.2, 0.25) is 0 Å². The van der Waals surface area contributed by atoms with Gasteiger partial charge >= 0.3 is 0 Å². The fourth-order valence-electron chi connectivity index (χ4n) is 11.3. The maximum absolute atomic E-state index is 14.3. The zero-order valence-electron chi connectivity index (χ0n) is 45.5. The summed E-state index contributed by atoms with van der Waals surface area (Å²) >= 11 is 0. The molecule has 3 aliphatic rings.